The molecule has 1 N–H and O–H groups in total. The highest BCUT2D eigenvalue weighted by Gasteiger charge is 2.16. The zero-order chi connectivity index (χ0) is 17.5. The van der Waals surface area contributed by atoms with Gasteiger partial charge in [-0.2, -0.15) is 0 Å². The summed E-state index contributed by atoms with van der Waals surface area (Å²) < 4.78 is 21.3. The first-order valence-electron chi connectivity index (χ1n) is 7.72. The minimum Gasteiger partial charge on any atom is -0.493 e. The van der Waals surface area contributed by atoms with Crippen molar-refractivity contribution in [2.24, 2.45) is 0 Å². The van der Waals surface area contributed by atoms with Crippen molar-refractivity contribution in [3.8, 4) is 11.5 Å². The Labute approximate surface area is 141 Å². The van der Waals surface area contributed by atoms with Crippen LogP contribution in [-0.4, -0.2) is 33.3 Å². The standard InChI is InChI=1S/C18H23NO5/c1-12-5-7-16(24-12)18(20)19-13(2)14-6-8-15(17(11-14)22-4)23-10-9-21-3/h5-8,11,13H,9-10H2,1-4H3,(H,19,20)/t13-/m0/s1. The molecule has 1 amide bonds. The predicted octanol–water partition coefficient (Wildman–Crippen LogP) is 3.11. The largest absolute Gasteiger partial charge is 0.493 e. The van der Waals surface area contributed by atoms with Gasteiger partial charge in [-0.25, -0.2) is 0 Å². The van der Waals surface area contributed by atoms with Crippen LogP contribution < -0.4 is 14.8 Å². The number of carbonyl (C=O) groups excluding carboxylic acids is 1. The minimum atomic E-state index is -0.255. The first-order chi connectivity index (χ1) is 11.5. The molecule has 0 fully saturated rings. The van der Waals surface area contributed by atoms with Gasteiger partial charge in [0.25, 0.3) is 5.91 Å². The number of methoxy groups -OCH3 is 2. The molecule has 1 aromatic heterocycles. The molecule has 2 aromatic rings. The molecule has 0 saturated carbocycles. The summed E-state index contributed by atoms with van der Waals surface area (Å²) in [6.07, 6.45) is 0. The fourth-order valence-electron chi connectivity index (χ4n) is 2.22. The van der Waals surface area contributed by atoms with Gasteiger partial charge in [-0.15, -0.1) is 0 Å². The molecule has 0 saturated heterocycles. The predicted molar refractivity (Wildman–Crippen MR) is 89.7 cm³/mol. The lowest BCUT2D eigenvalue weighted by molar-refractivity contribution is 0.0910. The summed E-state index contributed by atoms with van der Waals surface area (Å²) >= 11 is 0. The molecule has 0 radical (unpaired) electrons. The summed E-state index contributed by atoms with van der Waals surface area (Å²) in [7, 11) is 3.20. The first-order valence-corrected chi connectivity index (χ1v) is 7.72. The Kier molecular flexibility index (Phi) is 6.26. The van der Waals surface area contributed by atoms with Crippen LogP contribution in [0.25, 0.3) is 0 Å². The molecule has 0 unspecified atom stereocenters. The third-order valence-corrected chi connectivity index (χ3v) is 3.54. The normalized spacial score (nSPS) is 11.8. The Balaban J connectivity index is 2.06. The molecular formula is C18H23NO5. The third-order valence-electron chi connectivity index (χ3n) is 3.54. The van der Waals surface area contributed by atoms with Gasteiger partial charge in [0.2, 0.25) is 0 Å². The second-order valence-electron chi connectivity index (χ2n) is 5.36. The molecule has 0 spiro atoms. The van der Waals surface area contributed by atoms with Gasteiger partial charge < -0.3 is 23.9 Å². The van der Waals surface area contributed by atoms with Crippen molar-refractivity contribution in [1.29, 1.82) is 0 Å². The Hall–Kier alpha value is -2.47. The second-order valence-corrected chi connectivity index (χ2v) is 5.36. The number of hydrogen-bond acceptors (Lipinski definition) is 5. The van der Waals surface area contributed by atoms with E-state index in [1.165, 1.54) is 0 Å². The Morgan fingerprint density at radius 3 is 2.58 bits per heavy atom. The van der Waals surface area contributed by atoms with E-state index in [-0.39, 0.29) is 11.9 Å². The van der Waals surface area contributed by atoms with E-state index in [0.29, 0.717) is 36.2 Å². The Bertz CT molecular complexity index is 680. The number of nitrogens with one attached hydrogen (secondary N) is 1. The summed E-state index contributed by atoms with van der Waals surface area (Å²) in [5.74, 6) is 1.99. The summed E-state index contributed by atoms with van der Waals surface area (Å²) in [5, 5.41) is 2.90. The van der Waals surface area contributed by atoms with Crippen LogP contribution in [0.2, 0.25) is 0 Å². The summed E-state index contributed by atoms with van der Waals surface area (Å²) in [5.41, 5.74) is 0.905. The van der Waals surface area contributed by atoms with Crippen LogP contribution in [0.3, 0.4) is 0 Å². The van der Waals surface area contributed by atoms with Crippen LogP contribution in [0.1, 0.15) is 34.8 Å². The molecule has 1 atom stereocenters. The van der Waals surface area contributed by atoms with Gasteiger partial charge in [0.05, 0.1) is 19.8 Å². The third kappa shape index (κ3) is 4.52. The molecule has 1 heterocycles. The van der Waals surface area contributed by atoms with E-state index in [1.54, 1.807) is 33.3 Å². The van der Waals surface area contributed by atoms with E-state index in [0.717, 1.165) is 5.56 Å². The van der Waals surface area contributed by atoms with Crippen LogP contribution in [0.4, 0.5) is 0 Å². The quantitative estimate of drug-likeness (QED) is 0.752. The number of hydrogen-bond donors (Lipinski definition) is 1. The zero-order valence-electron chi connectivity index (χ0n) is 14.4. The fourth-order valence-corrected chi connectivity index (χ4v) is 2.22. The van der Waals surface area contributed by atoms with Crippen LogP contribution in [0.15, 0.2) is 34.7 Å². The van der Waals surface area contributed by atoms with E-state index in [2.05, 4.69) is 5.32 Å². The van der Waals surface area contributed by atoms with Gasteiger partial charge in [0.1, 0.15) is 12.4 Å². The first kappa shape index (κ1) is 17.9. The number of furan rings is 1. The number of carbonyl (C=O) groups is 1. The topological polar surface area (TPSA) is 69.9 Å². The minimum absolute atomic E-state index is 0.204. The molecule has 0 bridgehead atoms. The van der Waals surface area contributed by atoms with Gasteiger partial charge in [-0.05, 0) is 43.7 Å². The lowest BCUT2D eigenvalue weighted by Crippen LogP contribution is -2.26. The van der Waals surface area contributed by atoms with E-state index in [9.17, 15) is 4.79 Å². The lowest BCUT2D eigenvalue weighted by atomic mass is 10.1. The van der Waals surface area contributed by atoms with E-state index in [4.69, 9.17) is 18.6 Å². The maximum Gasteiger partial charge on any atom is 0.287 e. The number of benzene rings is 1. The van der Waals surface area contributed by atoms with E-state index >= 15 is 0 Å². The zero-order valence-corrected chi connectivity index (χ0v) is 14.4. The number of rotatable bonds is 8. The lowest BCUT2D eigenvalue weighted by Gasteiger charge is -2.16. The van der Waals surface area contributed by atoms with Gasteiger partial charge in [-0.1, -0.05) is 6.07 Å². The summed E-state index contributed by atoms with van der Waals surface area (Å²) in [6, 6.07) is 8.77. The van der Waals surface area contributed by atoms with Crippen LogP contribution >= 0.6 is 0 Å². The molecule has 6 nitrogen and oxygen atoms in total. The van der Waals surface area contributed by atoms with Crippen molar-refractivity contribution >= 4 is 5.91 Å². The van der Waals surface area contributed by atoms with Gasteiger partial charge in [0, 0.05) is 7.11 Å². The van der Waals surface area contributed by atoms with Crippen molar-refractivity contribution in [3.63, 3.8) is 0 Å². The maximum atomic E-state index is 12.2. The second kappa shape index (κ2) is 8.40. The highest BCUT2D eigenvalue weighted by Crippen LogP contribution is 2.30. The van der Waals surface area contributed by atoms with Crippen molar-refractivity contribution < 1.29 is 23.4 Å². The van der Waals surface area contributed by atoms with Crippen molar-refractivity contribution in [1.82, 2.24) is 5.32 Å². The summed E-state index contributed by atoms with van der Waals surface area (Å²) in [4.78, 5) is 12.2. The number of ether oxygens (including phenoxy) is 3. The molecular weight excluding hydrogens is 310 g/mol. The van der Waals surface area contributed by atoms with Gasteiger partial charge >= 0.3 is 0 Å². The molecule has 130 valence electrons. The molecule has 1 aromatic carbocycles. The maximum absolute atomic E-state index is 12.2. The highest BCUT2D eigenvalue weighted by molar-refractivity contribution is 5.91. The van der Waals surface area contributed by atoms with Crippen molar-refractivity contribution in [2.75, 3.05) is 27.4 Å². The molecule has 6 heteroatoms. The van der Waals surface area contributed by atoms with E-state index in [1.807, 2.05) is 25.1 Å². The molecule has 0 aliphatic heterocycles. The Morgan fingerprint density at radius 2 is 1.96 bits per heavy atom. The average molecular weight is 333 g/mol. The van der Waals surface area contributed by atoms with Gasteiger partial charge in [0.15, 0.2) is 17.3 Å². The van der Waals surface area contributed by atoms with Crippen LogP contribution in [0.5, 0.6) is 11.5 Å². The fraction of sp³-hybridized carbons (Fsp3) is 0.389. The SMILES string of the molecule is COCCOc1ccc([C@H](C)NC(=O)c2ccc(C)o2)cc1OC. The van der Waals surface area contributed by atoms with Crippen molar-refractivity contribution in [3.05, 3.63) is 47.4 Å². The number of aryl methyl sites for hydroxylation is 1. The van der Waals surface area contributed by atoms with Crippen molar-refractivity contribution in [2.45, 2.75) is 19.9 Å². The monoisotopic (exact) mass is 333 g/mol. The molecule has 24 heavy (non-hydrogen) atoms. The summed E-state index contributed by atoms with van der Waals surface area (Å²) in [6.45, 7) is 4.64. The van der Waals surface area contributed by atoms with Gasteiger partial charge in [-0.3, -0.25) is 4.79 Å². The van der Waals surface area contributed by atoms with Crippen LogP contribution in [-0.2, 0) is 4.74 Å². The average Bonchev–Trinajstić information content (AvgIpc) is 3.01. The molecule has 0 aliphatic rings. The molecule has 2 rings (SSSR count). The Morgan fingerprint density at radius 1 is 1.17 bits per heavy atom. The molecule has 0 aliphatic carbocycles. The van der Waals surface area contributed by atoms with E-state index < -0.39 is 0 Å². The van der Waals surface area contributed by atoms with Crippen LogP contribution in [0, 0.1) is 6.92 Å². The number of amides is 1. The highest BCUT2D eigenvalue weighted by atomic mass is 16.5. The smallest absolute Gasteiger partial charge is 0.287 e.